The summed E-state index contributed by atoms with van der Waals surface area (Å²) in [4.78, 5) is 16.2. The van der Waals surface area contributed by atoms with E-state index in [0.29, 0.717) is 31.1 Å². The van der Waals surface area contributed by atoms with Gasteiger partial charge in [-0.1, -0.05) is 49.3 Å². The number of amides is 2. The highest BCUT2D eigenvalue weighted by atomic mass is 16.5. The van der Waals surface area contributed by atoms with Gasteiger partial charge in [-0.25, -0.2) is 4.79 Å². The maximum absolute atomic E-state index is 11.9. The highest BCUT2D eigenvalue weighted by Gasteiger charge is 2.17. The lowest BCUT2D eigenvalue weighted by Gasteiger charge is -2.15. The number of benzene rings is 1. The summed E-state index contributed by atoms with van der Waals surface area (Å²) in [7, 11) is 0. The minimum Gasteiger partial charge on any atom is -0.393 e. The van der Waals surface area contributed by atoms with E-state index in [1.165, 1.54) is 0 Å². The summed E-state index contributed by atoms with van der Waals surface area (Å²) in [5.74, 6) is 1.11. The first-order valence-corrected chi connectivity index (χ1v) is 8.54. The number of aromatic nitrogens is 2. The summed E-state index contributed by atoms with van der Waals surface area (Å²) in [6, 6.07) is 9.14. The second-order valence-corrected chi connectivity index (χ2v) is 6.43. The van der Waals surface area contributed by atoms with Crippen LogP contribution in [-0.2, 0) is 6.42 Å². The van der Waals surface area contributed by atoms with Crippen LogP contribution in [0.4, 0.5) is 4.79 Å². The molecule has 2 atom stereocenters. The molecule has 0 fully saturated rings. The molecule has 136 valence electrons. The van der Waals surface area contributed by atoms with E-state index in [4.69, 9.17) is 4.52 Å². The molecular weight excluding hydrogens is 320 g/mol. The monoisotopic (exact) mass is 346 g/mol. The van der Waals surface area contributed by atoms with E-state index in [-0.39, 0.29) is 11.9 Å². The quantitative estimate of drug-likeness (QED) is 0.681. The summed E-state index contributed by atoms with van der Waals surface area (Å²) >= 11 is 0. The number of nitrogens with one attached hydrogen (secondary N) is 2. The van der Waals surface area contributed by atoms with Crippen LogP contribution in [0.3, 0.4) is 0 Å². The summed E-state index contributed by atoms with van der Waals surface area (Å²) < 4.78 is 5.23. The van der Waals surface area contributed by atoms with E-state index in [1.807, 2.05) is 44.2 Å². The molecule has 1 aromatic heterocycles. The van der Waals surface area contributed by atoms with E-state index < -0.39 is 12.1 Å². The fourth-order valence-corrected chi connectivity index (χ4v) is 2.27. The van der Waals surface area contributed by atoms with E-state index in [0.717, 1.165) is 5.56 Å². The standard InChI is InChI=1S/C18H26N4O3/c1-12(2)15(23)9-10-19-18(24)20-13(3)17-21-16(22-25-17)11-14-7-5-4-6-8-14/h4-8,12-13,15,23H,9-11H2,1-3H3,(H2,19,20,24). The van der Waals surface area contributed by atoms with Gasteiger partial charge in [0.15, 0.2) is 5.82 Å². The molecule has 7 heteroatoms. The molecule has 0 saturated heterocycles. The van der Waals surface area contributed by atoms with E-state index in [1.54, 1.807) is 6.92 Å². The molecule has 2 unspecified atom stereocenters. The molecule has 3 N–H and O–H groups in total. The fourth-order valence-electron chi connectivity index (χ4n) is 2.27. The third-order valence-corrected chi connectivity index (χ3v) is 3.90. The zero-order chi connectivity index (χ0) is 18.2. The molecule has 0 bridgehead atoms. The number of rotatable bonds is 8. The molecule has 2 amide bonds. The molecule has 2 rings (SSSR count). The van der Waals surface area contributed by atoms with Crippen molar-refractivity contribution in [3.05, 3.63) is 47.6 Å². The first-order valence-electron chi connectivity index (χ1n) is 8.54. The smallest absolute Gasteiger partial charge is 0.315 e. The van der Waals surface area contributed by atoms with Gasteiger partial charge < -0.3 is 20.3 Å². The maximum atomic E-state index is 11.9. The molecule has 0 aliphatic carbocycles. The van der Waals surface area contributed by atoms with Gasteiger partial charge in [0.25, 0.3) is 0 Å². The summed E-state index contributed by atoms with van der Waals surface area (Å²) in [5.41, 5.74) is 1.09. The van der Waals surface area contributed by atoms with Crippen LogP contribution in [0.25, 0.3) is 0 Å². The van der Waals surface area contributed by atoms with Gasteiger partial charge in [0.1, 0.15) is 6.04 Å². The average molecular weight is 346 g/mol. The lowest BCUT2D eigenvalue weighted by Crippen LogP contribution is -2.38. The molecule has 0 radical (unpaired) electrons. The predicted octanol–water partition coefficient (Wildman–Crippen LogP) is 2.43. The van der Waals surface area contributed by atoms with Crippen LogP contribution in [0, 0.1) is 5.92 Å². The van der Waals surface area contributed by atoms with Crippen molar-refractivity contribution in [1.82, 2.24) is 20.8 Å². The van der Waals surface area contributed by atoms with Crippen molar-refractivity contribution in [3.8, 4) is 0 Å². The van der Waals surface area contributed by atoms with Gasteiger partial charge in [-0.3, -0.25) is 0 Å². The van der Waals surface area contributed by atoms with Crippen molar-refractivity contribution in [2.75, 3.05) is 6.54 Å². The Kier molecular flexibility index (Phi) is 6.94. The molecule has 25 heavy (non-hydrogen) atoms. The Morgan fingerprint density at radius 2 is 1.96 bits per heavy atom. The number of hydrogen-bond acceptors (Lipinski definition) is 5. The van der Waals surface area contributed by atoms with Gasteiger partial charge in [0.2, 0.25) is 5.89 Å². The second kappa shape index (κ2) is 9.17. The lowest BCUT2D eigenvalue weighted by molar-refractivity contribution is 0.116. The van der Waals surface area contributed by atoms with Gasteiger partial charge >= 0.3 is 6.03 Å². The van der Waals surface area contributed by atoms with E-state index >= 15 is 0 Å². The van der Waals surface area contributed by atoms with Crippen molar-refractivity contribution >= 4 is 6.03 Å². The SMILES string of the molecule is CC(NC(=O)NCCC(O)C(C)C)c1nc(Cc2ccccc2)no1. The maximum Gasteiger partial charge on any atom is 0.315 e. The van der Waals surface area contributed by atoms with Crippen LogP contribution in [0.5, 0.6) is 0 Å². The normalized spacial score (nSPS) is 13.5. The van der Waals surface area contributed by atoms with Gasteiger partial charge in [-0.05, 0) is 24.8 Å². The van der Waals surface area contributed by atoms with Crippen molar-refractivity contribution in [2.45, 2.75) is 45.8 Å². The zero-order valence-corrected chi connectivity index (χ0v) is 14.9. The van der Waals surface area contributed by atoms with Crippen LogP contribution in [0.15, 0.2) is 34.9 Å². The first kappa shape index (κ1) is 18.9. The fraction of sp³-hybridized carbons (Fsp3) is 0.500. The molecule has 0 aliphatic heterocycles. The first-order chi connectivity index (χ1) is 12.0. The van der Waals surface area contributed by atoms with Gasteiger partial charge in [-0.2, -0.15) is 4.98 Å². The minimum absolute atomic E-state index is 0.171. The van der Waals surface area contributed by atoms with E-state index in [2.05, 4.69) is 20.8 Å². The highest BCUT2D eigenvalue weighted by molar-refractivity contribution is 5.74. The molecule has 1 aromatic carbocycles. The van der Waals surface area contributed by atoms with Crippen molar-refractivity contribution < 1.29 is 14.4 Å². The average Bonchev–Trinajstić information content (AvgIpc) is 3.04. The van der Waals surface area contributed by atoms with Crippen LogP contribution in [0.2, 0.25) is 0 Å². The Morgan fingerprint density at radius 1 is 1.24 bits per heavy atom. The van der Waals surface area contributed by atoms with Gasteiger partial charge in [0, 0.05) is 13.0 Å². The predicted molar refractivity (Wildman–Crippen MR) is 94.0 cm³/mol. The highest BCUT2D eigenvalue weighted by Crippen LogP contribution is 2.12. The molecule has 0 spiro atoms. The van der Waals surface area contributed by atoms with Crippen molar-refractivity contribution in [3.63, 3.8) is 0 Å². The van der Waals surface area contributed by atoms with Crippen molar-refractivity contribution in [1.29, 1.82) is 0 Å². The van der Waals surface area contributed by atoms with Gasteiger partial charge in [0.05, 0.1) is 6.10 Å². The number of carbonyl (C=O) groups excluding carboxylic acids is 1. The largest absolute Gasteiger partial charge is 0.393 e. The third kappa shape index (κ3) is 6.19. The number of hydrogen-bond donors (Lipinski definition) is 3. The number of aliphatic hydroxyl groups excluding tert-OH is 1. The molecule has 0 aliphatic rings. The van der Waals surface area contributed by atoms with Gasteiger partial charge in [-0.15, -0.1) is 0 Å². The molecule has 7 nitrogen and oxygen atoms in total. The summed E-state index contributed by atoms with van der Waals surface area (Å²) in [5, 5.41) is 19.1. The Morgan fingerprint density at radius 3 is 2.64 bits per heavy atom. The number of carbonyl (C=O) groups is 1. The van der Waals surface area contributed by atoms with Crippen LogP contribution >= 0.6 is 0 Å². The lowest BCUT2D eigenvalue weighted by atomic mass is 10.0. The Labute approximate surface area is 147 Å². The Hall–Kier alpha value is -2.41. The zero-order valence-electron chi connectivity index (χ0n) is 14.9. The van der Waals surface area contributed by atoms with Crippen LogP contribution in [0.1, 0.15) is 50.5 Å². The molecule has 1 heterocycles. The number of aliphatic hydroxyl groups is 1. The van der Waals surface area contributed by atoms with Crippen LogP contribution < -0.4 is 10.6 Å². The summed E-state index contributed by atoms with van der Waals surface area (Å²) in [6.45, 7) is 6.06. The van der Waals surface area contributed by atoms with E-state index in [9.17, 15) is 9.90 Å². The summed E-state index contributed by atoms with van der Waals surface area (Å²) in [6.07, 6.45) is 0.673. The third-order valence-electron chi connectivity index (χ3n) is 3.90. The Bertz CT molecular complexity index is 657. The second-order valence-electron chi connectivity index (χ2n) is 6.43. The topological polar surface area (TPSA) is 100 Å². The Balaban J connectivity index is 1.78. The molecule has 0 saturated carbocycles. The number of urea groups is 1. The molecule has 2 aromatic rings. The number of nitrogens with zero attached hydrogens (tertiary/aromatic N) is 2. The van der Waals surface area contributed by atoms with Crippen LogP contribution in [-0.4, -0.2) is 33.9 Å². The van der Waals surface area contributed by atoms with Crippen molar-refractivity contribution in [2.24, 2.45) is 5.92 Å². The molecular formula is C18H26N4O3. The minimum atomic E-state index is -0.422.